The molecule has 0 saturated heterocycles. The Morgan fingerprint density at radius 3 is 2.55 bits per heavy atom. The summed E-state index contributed by atoms with van der Waals surface area (Å²) in [5.74, 6) is 1.13. The number of ketones is 1. The minimum atomic E-state index is -0.901. The first-order valence-corrected chi connectivity index (χ1v) is 10.1. The normalized spacial score (nSPS) is 11.9. The van der Waals surface area contributed by atoms with Crippen LogP contribution >= 0.6 is 11.6 Å². The highest BCUT2D eigenvalue weighted by Gasteiger charge is 2.13. The number of aliphatic hydroxyl groups excluding tert-OH is 2. The number of nitrogens with zero attached hydrogens (tertiary/aromatic N) is 3. The molecule has 3 rings (SSSR count). The minimum Gasteiger partial charge on any atom is -0.490 e. The number of rotatable bonds is 11. The number of ether oxygens (including phenoxy) is 2. The van der Waals surface area contributed by atoms with Gasteiger partial charge in [0, 0.05) is 11.1 Å². The Labute approximate surface area is 184 Å². The topological polar surface area (TPSA) is 130 Å². The zero-order valence-corrected chi connectivity index (χ0v) is 17.7. The third kappa shape index (κ3) is 6.00. The van der Waals surface area contributed by atoms with Gasteiger partial charge in [-0.15, -0.1) is 5.10 Å². The van der Waals surface area contributed by atoms with Crippen LogP contribution in [0.25, 0.3) is 11.4 Å². The summed E-state index contributed by atoms with van der Waals surface area (Å²) in [5, 5.41) is 33.2. The van der Waals surface area contributed by atoms with Crippen LogP contribution in [0.3, 0.4) is 0 Å². The summed E-state index contributed by atoms with van der Waals surface area (Å²) < 4.78 is 11.3. The molecule has 1 unspecified atom stereocenters. The van der Waals surface area contributed by atoms with Crippen molar-refractivity contribution in [3.63, 3.8) is 0 Å². The number of aliphatic hydroxyl groups is 2. The van der Waals surface area contributed by atoms with Crippen LogP contribution in [-0.4, -0.2) is 62.5 Å². The van der Waals surface area contributed by atoms with E-state index in [-0.39, 0.29) is 19.0 Å². The van der Waals surface area contributed by atoms with Crippen LogP contribution in [0.1, 0.15) is 29.3 Å². The van der Waals surface area contributed by atoms with E-state index in [0.29, 0.717) is 39.9 Å². The first kappa shape index (κ1) is 22.7. The van der Waals surface area contributed by atoms with E-state index in [9.17, 15) is 9.90 Å². The summed E-state index contributed by atoms with van der Waals surface area (Å²) in [7, 11) is 0. The molecule has 1 aromatic heterocycles. The molecule has 0 radical (unpaired) electrons. The van der Waals surface area contributed by atoms with E-state index < -0.39 is 12.7 Å². The van der Waals surface area contributed by atoms with Crippen molar-refractivity contribution in [1.29, 1.82) is 0 Å². The number of tetrazole rings is 1. The quantitative estimate of drug-likeness (QED) is 0.383. The van der Waals surface area contributed by atoms with Crippen molar-refractivity contribution in [2.45, 2.75) is 25.9 Å². The molecule has 2 aromatic carbocycles. The average Bonchev–Trinajstić information content (AvgIpc) is 3.32. The Bertz CT molecular complexity index is 1010. The van der Waals surface area contributed by atoms with Gasteiger partial charge in [0.15, 0.2) is 11.6 Å². The Balaban J connectivity index is 1.56. The second-order valence-electron chi connectivity index (χ2n) is 6.82. The molecule has 1 heterocycles. The second kappa shape index (κ2) is 10.9. The Hall–Kier alpha value is -3.01. The highest BCUT2D eigenvalue weighted by Crippen LogP contribution is 2.29. The summed E-state index contributed by atoms with van der Waals surface area (Å²) in [6.45, 7) is 1.46. The predicted molar refractivity (Wildman–Crippen MR) is 113 cm³/mol. The first-order chi connectivity index (χ1) is 15.0. The van der Waals surface area contributed by atoms with Crippen LogP contribution in [0.2, 0.25) is 5.02 Å². The lowest BCUT2D eigenvalue weighted by molar-refractivity contribution is 0.0623. The molecule has 9 nitrogen and oxygen atoms in total. The first-order valence-electron chi connectivity index (χ1n) is 9.76. The van der Waals surface area contributed by atoms with Gasteiger partial charge >= 0.3 is 0 Å². The molecule has 0 amide bonds. The summed E-state index contributed by atoms with van der Waals surface area (Å²) in [6.07, 6.45) is 0.664. The van der Waals surface area contributed by atoms with Crippen molar-refractivity contribution in [1.82, 2.24) is 20.6 Å². The number of hydrogen-bond donors (Lipinski definition) is 3. The summed E-state index contributed by atoms with van der Waals surface area (Å²) >= 11 is 6.24. The molecule has 3 N–H and O–H groups in total. The smallest absolute Gasteiger partial charge is 0.188 e. The van der Waals surface area contributed by atoms with Crippen LogP contribution in [0.4, 0.5) is 0 Å². The number of benzene rings is 2. The fraction of sp³-hybridized carbons (Fsp3) is 0.333. The number of carbonyl (C=O) groups is 1. The Morgan fingerprint density at radius 2 is 1.90 bits per heavy atom. The van der Waals surface area contributed by atoms with Crippen molar-refractivity contribution in [2.75, 3.05) is 19.8 Å². The zero-order valence-electron chi connectivity index (χ0n) is 16.9. The molecule has 0 aliphatic heterocycles. The third-order valence-electron chi connectivity index (χ3n) is 4.46. The van der Waals surface area contributed by atoms with Gasteiger partial charge < -0.3 is 19.7 Å². The fourth-order valence-corrected chi connectivity index (χ4v) is 3.15. The molecular weight excluding hydrogens is 424 g/mol. The highest BCUT2D eigenvalue weighted by atomic mass is 35.5. The number of Topliss-reactive ketones (excluding diaryl/α,β-unsaturated/α-hetero) is 1. The van der Waals surface area contributed by atoms with Crippen molar-refractivity contribution in [3.8, 4) is 22.9 Å². The lowest BCUT2D eigenvalue weighted by Gasteiger charge is -2.17. The predicted octanol–water partition coefficient (Wildman–Crippen LogP) is 2.47. The van der Waals surface area contributed by atoms with Gasteiger partial charge in [-0.05, 0) is 58.8 Å². The lowest BCUT2D eigenvalue weighted by atomic mass is 10.0. The van der Waals surface area contributed by atoms with Crippen LogP contribution in [0.15, 0.2) is 36.4 Å². The molecular formula is C21H23ClN4O5. The standard InChI is InChI=1S/C21H23ClN4O5/c1-2-3-14-8-13(18(29)10-27)4-6-19(14)30-11-16(28)12-31-20-7-5-15(9-17(20)22)21-23-25-26-24-21/h4-9,16,27-28H,2-3,10-12H2,1H3,(H,23,24,25,26). The van der Waals surface area contributed by atoms with Gasteiger partial charge in [-0.1, -0.05) is 24.9 Å². The van der Waals surface area contributed by atoms with E-state index in [4.69, 9.17) is 26.2 Å². The largest absolute Gasteiger partial charge is 0.490 e. The van der Waals surface area contributed by atoms with Crippen molar-refractivity contribution >= 4 is 17.4 Å². The van der Waals surface area contributed by atoms with E-state index in [1.54, 1.807) is 36.4 Å². The van der Waals surface area contributed by atoms with Crippen LogP contribution < -0.4 is 9.47 Å². The minimum absolute atomic E-state index is 0.00342. The van der Waals surface area contributed by atoms with Crippen molar-refractivity contribution in [2.24, 2.45) is 0 Å². The zero-order chi connectivity index (χ0) is 22.2. The maximum absolute atomic E-state index is 11.7. The van der Waals surface area contributed by atoms with Crippen molar-refractivity contribution < 1.29 is 24.5 Å². The van der Waals surface area contributed by atoms with E-state index in [2.05, 4.69) is 20.6 Å². The monoisotopic (exact) mass is 446 g/mol. The molecule has 0 bridgehead atoms. The van der Waals surface area contributed by atoms with Gasteiger partial charge in [-0.2, -0.15) is 0 Å². The maximum atomic E-state index is 11.7. The van der Waals surface area contributed by atoms with Gasteiger partial charge in [0.25, 0.3) is 0 Å². The molecule has 1 atom stereocenters. The SMILES string of the molecule is CCCc1cc(C(=O)CO)ccc1OCC(O)COc1ccc(-c2nnn[nH]2)cc1Cl. The van der Waals surface area contributed by atoms with E-state index in [1.807, 2.05) is 6.92 Å². The molecule has 0 saturated carbocycles. The van der Waals surface area contributed by atoms with Crippen LogP contribution in [0, 0.1) is 0 Å². The molecule has 0 aliphatic rings. The van der Waals surface area contributed by atoms with E-state index in [1.165, 1.54) is 0 Å². The van der Waals surface area contributed by atoms with Gasteiger partial charge in [0.05, 0.1) is 5.02 Å². The van der Waals surface area contributed by atoms with Gasteiger partial charge in [-0.25, -0.2) is 5.10 Å². The molecule has 0 spiro atoms. The number of aromatic nitrogens is 4. The number of carbonyl (C=O) groups excluding carboxylic acids is 1. The number of aromatic amines is 1. The van der Waals surface area contributed by atoms with Crippen LogP contribution in [0.5, 0.6) is 11.5 Å². The molecule has 164 valence electrons. The van der Waals surface area contributed by atoms with Crippen molar-refractivity contribution in [3.05, 3.63) is 52.5 Å². The number of hydrogen-bond acceptors (Lipinski definition) is 8. The molecule has 3 aromatic rings. The summed E-state index contributed by atoms with van der Waals surface area (Å²) in [5.41, 5.74) is 1.98. The summed E-state index contributed by atoms with van der Waals surface area (Å²) in [6, 6.07) is 10.1. The van der Waals surface area contributed by atoms with Gasteiger partial charge in [0.1, 0.15) is 37.4 Å². The number of nitrogens with one attached hydrogen (secondary N) is 1. The van der Waals surface area contributed by atoms with Gasteiger partial charge in [-0.3, -0.25) is 4.79 Å². The Kier molecular flexibility index (Phi) is 7.94. The second-order valence-corrected chi connectivity index (χ2v) is 7.23. The molecule has 0 aliphatic carbocycles. The number of H-pyrrole nitrogens is 1. The third-order valence-corrected chi connectivity index (χ3v) is 4.75. The van der Waals surface area contributed by atoms with E-state index in [0.717, 1.165) is 12.0 Å². The Morgan fingerprint density at radius 1 is 1.16 bits per heavy atom. The fourth-order valence-electron chi connectivity index (χ4n) is 2.92. The molecule has 31 heavy (non-hydrogen) atoms. The highest BCUT2D eigenvalue weighted by molar-refractivity contribution is 6.32. The maximum Gasteiger partial charge on any atom is 0.188 e. The van der Waals surface area contributed by atoms with E-state index >= 15 is 0 Å². The number of aryl methyl sites for hydroxylation is 1. The van der Waals surface area contributed by atoms with Crippen LogP contribution in [-0.2, 0) is 6.42 Å². The van der Waals surface area contributed by atoms with Gasteiger partial charge in [0.2, 0.25) is 0 Å². The summed E-state index contributed by atoms with van der Waals surface area (Å²) in [4.78, 5) is 11.7. The number of halogens is 1. The average molecular weight is 447 g/mol. The lowest BCUT2D eigenvalue weighted by Crippen LogP contribution is -2.25. The molecule has 0 fully saturated rings. The molecule has 10 heteroatoms.